The van der Waals surface area contributed by atoms with E-state index >= 15 is 0 Å². The molecular formula is C21H20FNO4. The number of carbonyl (C=O) groups excluding carboxylic acids is 1. The molecule has 2 aromatic carbocycles. The molecule has 0 atom stereocenters. The van der Waals surface area contributed by atoms with Gasteiger partial charge in [-0.3, -0.25) is 0 Å². The Labute approximate surface area is 157 Å². The Kier molecular flexibility index (Phi) is 7.38. The van der Waals surface area contributed by atoms with E-state index in [-0.39, 0.29) is 24.6 Å². The van der Waals surface area contributed by atoms with Gasteiger partial charge in [0.15, 0.2) is 11.5 Å². The van der Waals surface area contributed by atoms with Gasteiger partial charge in [0, 0.05) is 0 Å². The van der Waals surface area contributed by atoms with Gasteiger partial charge in [0.25, 0.3) is 0 Å². The molecule has 0 radical (unpaired) electrons. The van der Waals surface area contributed by atoms with E-state index in [1.54, 1.807) is 37.3 Å². The molecule has 0 aromatic heterocycles. The highest BCUT2D eigenvalue weighted by molar-refractivity contribution is 5.97. The van der Waals surface area contributed by atoms with Crippen LogP contribution in [0.5, 0.6) is 11.5 Å². The topological polar surface area (TPSA) is 68.6 Å². The lowest BCUT2D eigenvalue weighted by atomic mass is 10.1. The monoisotopic (exact) mass is 369 g/mol. The molecule has 0 bridgehead atoms. The van der Waals surface area contributed by atoms with Gasteiger partial charge >= 0.3 is 5.97 Å². The number of ether oxygens (including phenoxy) is 3. The van der Waals surface area contributed by atoms with E-state index in [9.17, 15) is 9.18 Å². The van der Waals surface area contributed by atoms with Crippen molar-refractivity contribution in [2.45, 2.75) is 20.5 Å². The average Bonchev–Trinajstić information content (AvgIpc) is 2.67. The first-order valence-corrected chi connectivity index (χ1v) is 8.50. The van der Waals surface area contributed by atoms with E-state index < -0.39 is 5.97 Å². The summed E-state index contributed by atoms with van der Waals surface area (Å²) < 4.78 is 29.2. The van der Waals surface area contributed by atoms with Crippen molar-refractivity contribution in [2.75, 3.05) is 13.2 Å². The summed E-state index contributed by atoms with van der Waals surface area (Å²) in [5.74, 6) is 0.0110. The molecule has 0 saturated carbocycles. The van der Waals surface area contributed by atoms with E-state index in [1.165, 1.54) is 18.2 Å². The number of nitriles is 1. The molecule has 0 unspecified atom stereocenters. The van der Waals surface area contributed by atoms with E-state index in [4.69, 9.17) is 19.5 Å². The summed E-state index contributed by atoms with van der Waals surface area (Å²) in [6.45, 7) is 4.38. The van der Waals surface area contributed by atoms with E-state index in [1.807, 2.05) is 13.0 Å². The van der Waals surface area contributed by atoms with Gasteiger partial charge in [-0.25, -0.2) is 9.18 Å². The summed E-state index contributed by atoms with van der Waals surface area (Å²) in [7, 11) is 0. The molecule has 0 fully saturated rings. The van der Waals surface area contributed by atoms with Crippen molar-refractivity contribution in [1.82, 2.24) is 0 Å². The number of rotatable bonds is 8. The van der Waals surface area contributed by atoms with Gasteiger partial charge in [0.1, 0.15) is 24.1 Å². The fraction of sp³-hybridized carbons (Fsp3) is 0.238. The van der Waals surface area contributed by atoms with Gasteiger partial charge in [0.05, 0.1) is 13.2 Å². The van der Waals surface area contributed by atoms with Crippen LogP contribution in [0.15, 0.2) is 48.0 Å². The lowest BCUT2D eigenvalue weighted by molar-refractivity contribution is -0.137. The van der Waals surface area contributed by atoms with Gasteiger partial charge < -0.3 is 14.2 Å². The molecule has 2 rings (SSSR count). The van der Waals surface area contributed by atoms with Crippen molar-refractivity contribution in [1.29, 1.82) is 5.26 Å². The summed E-state index contributed by atoms with van der Waals surface area (Å²) in [5, 5.41) is 9.14. The first-order chi connectivity index (χ1) is 13.1. The summed E-state index contributed by atoms with van der Waals surface area (Å²) >= 11 is 0. The molecule has 0 aliphatic carbocycles. The number of carbonyl (C=O) groups is 1. The Morgan fingerprint density at radius 2 is 1.81 bits per heavy atom. The normalized spacial score (nSPS) is 10.8. The fourth-order valence-electron chi connectivity index (χ4n) is 2.26. The molecule has 2 aromatic rings. The average molecular weight is 369 g/mol. The number of hydrogen-bond donors (Lipinski definition) is 0. The predicted octanol–water partition coefficient (Wildman–Crippen LogP) is 4.27. The maximum atomic E-state index is 13.0. The third-order valence-corrected chi connectivity index (χ3v) is 3.50. The molecule has 0 aliphatic rings. The zero-order chi connectivity index (χ0) is 19.6. The second-order valence-corrected chi connectivity index (χ2v) is 5.44. The standard InChI is InChI=1S/C21H20FNO4/c1-3-25-20-12-16(11-17(13-23)21(24)26-4-2)7-10-19(20)27-14-15-5-8-18(22)9-6-15/h5-12H,3-4,14H2,1-2H3/b17-11+. The molecule has 0 N–H and O–H groups in total. The molecule has 140 valence electrons. The molecule has 27 heavy (non-hydrogen) atoms. The van der Waals surface area contributed by atoms with Crippen LogP contribution in [0.2, 0.25) is 0 Å². The summed E-state index contributed by atoms with van der Waals surface area (Å²) in [4.78, 5) is 11.7. The Balaban J connectivity index is 2.21. The molecule has 0 heterocycles. The smallest absolute Gasteiger partial charge is 0.348 e. The molecule has 0 aliphatic heterocycles. The van der Waals surface area contributed by atoms with Gasteiger partial charge in [-0.2, -0.15) is 5.26 Å². The third kappa shape index (κ3) is 5.86. The third-order valence-electron chi connectivity index (χ3n) is 3.50. The van der Waals surface area contributed by atoms with E-state index in [0.717, 1.165) is 5.56 Å². The van der Waals surface area contributed by atoms with E-state index in [2.05, 4.69) is 0 Å². The van der Waals surface area contributed by atoms with E-state index in [0.29, 0.717) is 23.7 Å². The van der Waals surface area contributed by atoms with Crippen LogP contribution < -0.4 is 9.47 Å². The van der Waals surface area contributed by atoms with Crippen LogP contribution in [-0.4, -0.2) is 19.2 Å². The first-order valence-electron chi connectivity index (χ1n) is 8.50. The summed E-state index contributed by atoms with van der Waals surface area (Å²) in [6, 6.07) is 12.9. The van der Waals surface area contributed by atoms with Crippen molar-refractivity contribution in [3.05, 3.63) is 65.0 Å². The van der Waals surface area contributed by atoms with Crippen LogP contribution in [0.4, 0.5) is 4.39 Å². The highest BCUT2D eigenvalue weighted by atomic mass is 19.1. The zero-order valence-corrected chi connectivity index (χ0v) is 15.2. The van der Waals surface area contributed by atoms with Crippen LogP contribution in [0, 0.1) is 17.1 Å². The van der Waals surface area contributed by atoms with Crippen molar-refractivity contribution >= 4 is 12.0 Å². The number of benzene rings is 2. The Bertz CT molecular complexity index is 853. The number of hydrogen-bond acceptors (Lipinski definition) is 5. The maximum Gasteiger partial charge on any atom is 0.348 e. The largest absolute Gasteiger partial charge is 0.490 e. The Morgan fingerprint density at radius 1 is 1.07 bits per heavy atom. The second-order valence-electron chi connectivity index (χ2n) is 5.44. The van der Waals surface area contributed by atoms with Crippen LogP contribution in [-0.2, 0) is 16.1 Å². The van der Waals surface area contributed by atoms with Crippen molar-refractivity contribution in [2.24, 2.45) is 0 Å². The minimum absolute atomic E-state index is 0.0979. The quantitative estimate of drug-likeness (QED) is 0.395. The van der Waals surface area contributed by atoms with Crippen molar-refractivity contribution in [3.63, 3.8) is 0 Å². The van der Waals surface area contributed by atoms with Gasteiger partial charge in [-0.1, -0.05) is 18.2 Å². The number of nitrogens with zero attached hydrogens (tertiary/aromatic N) is 1. The van der Waals surface area contributed by atoms with Crippen LogP contribution >= 0.6 is 0 Å². The van der Waals surface area contributed by atoms with Gasteiger partial charge in [-0.15, -0.1) is 0 Å². The van der Waals surface area contributed by atoms with Gasteiger partial charge in [0.2, 0.25) is 0 Å². The Hall–Kier alpha value is -3.33. The van der Waals surface area contributed by atoms with Crippen LogP contribution in [0.1, 0.15) is 25.0 Å². The lowest BCUT2D eigenvalue weighted by Crippen LogP contribution is -2.06. The predicted molar refractivity (Wildman–Crippen MR) is 98.6 cm³/mol. The van der Waals surface area contributed by atoms with Crippen molar-refractivity contribution < 1.29 is 23.4 Å². The lowest BCUT2D eigenvalue weighted by Gasteiger charge is -2.13. The molecular weight excluding hydrogens is 349 g/mol. The first kappa shape index (κ1) is 20.0. The highest BCUT2D eigenvalue weighted by Gasteiger charge is 2.12. The fourth-order valence-corrected chi connectivity index (χ4v) is 2.26. The SMILES string of the molecule is CCOC(=O)/C(C#N)=C/c1ccc(OCc2ccc(F)cc2)c(OCC)c1. The number of halogens is 1. The van der Waals surface area contributed by atoms with Crippen LogP contribution in [0.25, 0.3) is 6.08 Å². The Morgan fingerprint density at radius 3 is 2.44 bits per heavy atom. The molecule has 0 amide bonds. The summed E-state index contributed by atoms with van der Waals surface area (Å²) in [6.07, 6.45) is 1.43. The minimum Gasteiger partial charge on any atom is -0.490 e. The molecule has 0 spiro atoms. The van der Waals surface area contributed by atoms with Crippen LogP contribution in [0.3, 0.4) is 0 Å². The zero-order valence-electron chi connectivity index (χ0n) is 15.2. The summed E-state index contributed by atoms with van der Waals surface area (Å²) in [5.41, 5.74) is 1.33. The highest BCUT2D eigenvalue weighted by Crippen LogP contribution is 2.30. The molecule has 5 nitrogen and oxygen atoms in total. The molecule has 0 saturated heterocycles. The maximum absolute atomic E-state index is 13.0. The second kappa shape index (κ2) is 9.97. The van der Waals surface area contributed by atoms with Gasteiger partial charge in [-0.05, 0) is 55.3 Å². The van der Waals surface area contributed by atoms with Crippen molar-refractivity contribution in [3.8, 4) is 17.6 Å². The molecule has 6 heteroatoms. The minimum atomic E-state index is -0.672. The number of esters is 1.